The summed E-state index contributed by atoms with van der Waals surface area (Å²) in [4.78, 5) is 17.0. The molecule has 3 rings (SSSR count). The fourth-order valence-electron chi connectivity index (χ4n) is 2.54. The van der Waals surface area contributed by atoms with Crippen LogP contribution in [0.15, 0.2) is 30.5 Å². The number of fused-ring (bicyclic) bond motifs is 1. The summed E-state index contributed by atoms with van der Waals surface area (Å²) in [6.45, 7) is 3.88. The van der Waals surface area contributed by atoms with E-state index in [1.165, 1.54) is 12.1 Å². The third-order valence-corrected chi connectivity index (χ3v) is 4.79. The van der Waals surface area contributed by atoms with Crippen LogP contribution in [0.4, 0.5) is 5.69 Å². The first-order valence-electron chi connectivity index (χ1n) is 7.24. The second-order valence-electron chi connectivity index (χ2n) is 5.50. The average molecular weight is 383 g/mol. The smallest absolute Gasteiger partial charge is 0.230 e. The number of carbonyl (C=O) groups excluding carboxylic acids is 1. The number of halogens is 3. The Hall–Kier alpha value is -1.75. The number of imidazole rings is 1. The molecule has 0 bridgehead atoms. The van der Waals surface area contributed by atoms with E-state index >= 15 is 0 Å². The van der Waals surface area contributed by atoms with Gasteiger partial charge in [0.15, 0.2) is 0 Å². The number of nitrogens with zero attached hydrogens (tertiary/aromatic N) is 2. The van der Waals surface area contributed by atoms with Crippen LogP contribution in [0.5, 0.6) is 0 Å². The first-order valence-corrected chi connectivity index (χ1v) is 8.37. The number of pyridine rings is 1. The minimum absolute atomic E-state index is 0.174. The van der Waals surface area contributed by atoms with Crippen LogP contribution in [0.2, 0.25) is 15.1 Å². The van der Waals surface area contributed by atoms with E-state index in [2.05, 4.69) is 10.3 Å². The molecule has 0 radical (unpaired) electrons. The van der Waals surface area contributed by atoms with E-state index in [1.54, 1.807) is 0 Å². The molecule has 0 atom stereocenters. The van der Waals surface area contributed by atoms with E-state index in [1.807, 2.05) is 36.6 Å². The minimum atomic E-state index is -0.207. The molecule has 4 nitrogen and oxygen atoms in total. The molecule has 1 aromatic carbocycles. The molecule has 3 aromatic rings. The topological polar surface area (TPSA) is 46.4 Å². The summed E-state index contributed by atoms with van der Waals surface area (Å²) in [7, 11) is 0. The molecule has 2 heterocycles. The lowest BCUT2D eigenvalue weighted by atomic mass is 10.2. The molecular weight excluding hydrogens is 369 g/mol. The van der Waals surface area contributed by atoms with Crippen LogP contribution in [-0.4, -0.2) is 15.3 Å². The van der Waals surface area contributed by atoms with Gasteiger partial charge in [-0.1, -0.05) is 40.9 Å². The number of hydrogen-bond donors (Lipinski definition) is 1. The van der Waals surface area contributed by atoms with Crippen molar-refractivity contribution >= 4 is 52.0 Å². The van der Waals surface area contributed by atoms with Gasteiger partial charge in [-0.05, 0) is 37.6 Å². The maximum Gasteiger partial charge on any atom is 0.230 e. The number of anilines is 1. The Kier molecular flexibility index (Phi) is 4.72. The second-order valence-corrected chi connectivity index (χ2v) is 6.72. The monoisotopic (exact) mass is 381 g/mol. The minimum Gasteiger partial charge on any atom is -0.324 e. The first-order chi connectivity index (χ1) is 11.4. The zero-order valence-electron chi connectivity index (χ0n) is 13.0. The molecule has 0 aliphatic rings. The highest BCUT2D eigenvalue weighted by Crippen LogP contribution is 2.32. The Morgan fingerprint density at radius 2 is 1.88 bits per heavy atom. The maximum atomic E-state index is 12.4. The van der Waals surface area contributed by atoms with Crippen molar-refractivity contribution in [3.05, 3.63) is 62.5 Å². The molecule has 0 aliphatic carbocycles. The molecule has 124 valence electrons. The third-order valence-electron chi connectivity index (χ3n) is 3.76. The van der Waals surface area contributed by atoms with Gasteiger partial charge < -0.3 is 9.72 Å². The molecule has 0 fully saturated rings. The molecular formula is C17H14Cl3N3O. The summed E-state index contributed by atoms with van der Waals surface area (Å²) in [6, 6.07) is 6.96. The standard InChI is InChI=1S/C17H14Cl3N3O/c1-9-4-3-5-23-15(10(2)21-17(9)23)8-16(24)22-14-7-12(19)11(18)6-13(14)20/h3-7H,8H2,1-2H3,(H,22,24). The van der Waals surface area contributed by atoms with Crippen LogP contribution < -0.4 is 5.32 Å². The SMILES string of the molecule is Cc1nc2c(C)cccn2c1CC(=O)Nc1cc(Cl)c(Cl)cc1Cl. The first kappa shape index (κ1) is 17.1. The highest BCUT2D eigenvalue weighted by atomic mass is 35.5. The van der Waals surface area contributed by atoms with Crippen molar-refractivity contribution in [3.63, 3.8) is 0 Å². The lowest BCUT2D eigenvalue weighted by Gasteiger charge is -2.09. The number of hydrogen-bond acceptors (Lipinski definition) is 2. The predicted molar refractivity (Wildman–Crippen MR) is 98.5 cm³/mol. The Balaban J connectivity index is 1.87. The molecule has 1 N–H and O–H groups in total. The largest absolute Gasteiger partial charge is 0.324 e. The van der Waals surface area contributed by atoms with Gasteiger partial charge in [-0.25, -0.2) is 4.98 Å². The number of aromatic nitrogens is 2. The predicted octanol–water partition coefficient (Wildman–Crippen LogP) is 5.09. The van der Waals surface area contributed by atoms with E-state index in [0.29, 0.717) is 20.8 Å². The zero-order valence-corrected chi connectivity index (χ0v) is 15.3. The zero-order chi connectivity index (χ0) is 17.4. The van der Waals surface area contributed by atoms with Crippen LogP contribution >= 0.6 is 34.8 Å². The summed E-state index contributed by atoms with van der Waals surface area (Å²) >= 11 is 18.0. The van der Waals surface area contributed by atoms with Gasteiger partial charge in [0.25, 0.3) is 0 Å². The molecule has 0 spiro atoms. The summed E-state index contributed by atoms with van der Waals surface area (Å²) in [5, 5.41) is 3.78. The fraction of sp³-hybridized carbons (Fsp3) is 0.176. The van der Waals surface area contributed by atoms with Crippen molar-refractivity contribution in [2.75, 3.05) is 5.32 Å². The van der Waals surface area contributed by atoms with Gasteiger partial charge in [0.1, 0.15) is 5.65 Å². The quantitative estimate of drug-likeness (QED) is 0.641. The van der Waals surface area contributed by atoms with Gasteiger partial charge in [0, 0.05) is 6.20 Å². The highest BCUT2D eigenvalue weighted by Gasteiger charge is 2.15. The summed E-state index contributed by atoms with van der Waals surface area (Å²) in [5.74, 6) is -0.207. The Morgan fingerprint density at radius 3 is 2.62 bits per heavy atom. The van der Waals surface area contributed by atoms with E-state index in [9.17, 15) is 4.79 Å². The third kappa shape index (κ3) is 3.22. The lowest BCUT2D eigenvalue weighted by molar-refractivity contribution is -0.115. The van der Waals surface area contributed by atoms with Crippen LogP contribution in [0, 0.1) is 13.8 Å². The summed E-state index contributed by atoms with van der Waals surface area (Å²) < 4.78 is 1.93. The maximum absolute atomic E-state index is 12.4. The Morgan fingerprint density at radius 1 is 1.17 bits per heavy atom. The summed E-state index contributed by atoms with van der Waals surface area (Å²) in [5.41, 5.74) is 3.99. The number of carbonyl (C=O) groups is 1. The van der Waals surface area contributed by atoms with Gasteiger partial charge >= 0.3 is 0 Å². The van der Waals surface area contributed by atoms with E-state index in [0.717, 1.165) is 22.6 Å². The molecule has 2 aromatic heterocycles. The van der Waals surface area contributed by atoms with Crippen LogP contribution in [0.3, 0.4) is 0 Å². The van der Waals surface area contributed by atoms with Gasteiger partial charge in [0.05, 0.1) is 38.6 Å². The van der Waals surface area contributed by atoms with Crippen LogP contribution in [0.25, 0.3) is 5.65 Å². The van der Waals surface area contributed by atoms with E-state index < -0.39 is 0 Å². The van der Waals surface area contributed by atoms with Crippen molar-refractivity contribution in [2.45, 2.75) is 20.3 Å². The lowest BCUT2D eigenvalue weighted by Crippen LogP contribution is -2.16. The van der Waals surface area contributed by atoms with Gasteiger partial charge in [-0.15, -0.1) is 0 Å². The second kappa shape index (κ2) is 6.63. The van der Waals surface area contributed by atoms with Crippen LogP contribution in [0.1, 0.15) is 17.0 Å². The van der Waals surface area contributed by atoms with Crippen molar-refractivity contribution in [3.8, 4) is 0 Å². The number of benzene rings is 1. The van der Waals surface area contributed by atoms with Crippen LogP contribution in [-0.2, 0) is 11.2 Å². The van der Waals surface area contributed by atoms with Crippen molar-refractivity contribution in [1.82, 2.24) is 9.38 Å². The van der Waals surface area contributed by atoms with Crippen molar-refractivity contribution in [2.24, 2.45) is 0 Å². The Labute approximate surface area is 154 Å². The average Bonchev–Trinajstić information content (AvgIpc) is 2.83. The van der Waals surface area contributed by atoms with E-state index in [4.69, 9.17) is 34.8 Å². The molecule has 0 aliphatic heterocycles. The van der Waals surface area contributed by atoms with Gasteiger partial charge in [-0.2, -0.15) is 0 Å². The van der Waals surface area contributed by atoms with Crippen molar-refractivity contribution < 1.29 is 4.79 Å². The van der Waals surface area contributed by atoms with Crippen molar-refractivity contribution in [1.29, 1.82) is 0 Å². The molecule has 7 heteroatoms. The molecule has 0 unspecified atom stereocenters. The van der Waals surface area contributed by atoms with Gasteiger partial charge in [0.2, 0.25) is 5.91 Å². The molecule has 1 amide bonds. The molecule has 24 heavy (non-hydrogen) atoms. The Bertz CT molecular complexity index is 950. The summed E-state index contributed by atoms with van der Waals surface area (Å²) in [6.07, 6.45) is 2.07. The van der Waals surface area contributed by atoms with Gasteiger partial charge in [-0.3, -0.25) is 4.79 Å². The number of amides is 1. The number of rotatable bonds is 3. The fourth-order valence-corrected chi connectivity index (χ4v) is 3.14. The normalized spacial score (nSPS) is 11.0. The highest BCUT2D eigenvalue weighted by molar-refractivity contribution is 6.44. The number of aryl methyl sites for hydroxylation is 2. The molecule has 0 saturated heterocycles. The number of nitrogens with one attached hydrogen (secondary N) is 1. The molecule has 0 saturated carbocycles. The van der Waals surface area contributed by atoms with E-state index in [-0.39, 0.29) is 12.3 Å².